The molecule has 0 aromatic rings. The van der Waals surface area contributed by atoms with E-state index in [-0.39, 0.29) is 25.7 Å². The van der Waals surface area contributed by atoms with E-state index >= 15 is 0 Å². The number of aliphatic hydroxyl groups excluding tert-OH is 1. The van der Waals surface area contributed by atoms with Crippen LogP contribution >= 0.6 is 15.6 Å². The number of ether oxygens (including phenoxy) is 4. The molecule has 6 atom stereocenters. The molecule has 0 aromatic heterocycles. The van der Waals surface area contributed by atoms with E-state index < -0.39 is 97.5 Å². The van der Waals surface area contributed by atoms with E-state index in [1.165, 1.54) is 302 Å². The molecular weight excluding hydrogens is 1390 g/mol. The van der Waals surface area contributed by atoms with E-state index in [1.54, 1.807) is 0 Å². The van der Waals surface area contributed by atoms with Crippen LogP contribution in [0.4, 0.5) is 0 Å². The maximum absolute atomic E-state index is 13.2. The molecule has 3 N–H and O–H groups in total. The number of unbranched alkanes of at least 4 members (excludes halogenated alkanes) is 59. The van der Waals surface area contributed by atoms with Crippen molar-refractivity contribution >= 4 is 39.5 Å². The third kappa shape index (κ3) is 80.5. The monoisotopic (exact) mass is 1560 g/mol. The van der Waals surface area contributed by atoms with Crippen LogP contribution in [0, 0.1) is 5.92 Å². The van der Waals surface area contributed by atoms with Crippen LogP contribution in [0.25, 0.3) is 0 Å². The summed E-state index contributed by atoms with van der Waals surface area (Å²) in [5.74, 6) is -1.23. The second-order valence-corrected chi connectivity index (χ2v) is 34.8. The molecule has 0 radical (unpaired) electrons. The smallest absolute Gasteiger partial charge is 0.462 e. The molecule has 0 aliphatic heterocycles. The molecule has 636 valence electrons. The minimum absolute atomic E-state index is 0.108. The van der Waals surface area contributed by atoms with Gasteiger partial charge in [-0.3, -0.25) is 37.3 Å². The lowest BCUT2D eigenvalue weighted by Gasteiger charge is -2.21. The first kappa shape index (κ1) is 105. The van der Waals surface area contributed by atoms with Crippen molar-refractivity contribution in [3.05, 3.63) is 0 Å². The Morgan fingerprint density at radius 1 is 0.262 bits per heavy atom. The van der Waals surface area contributed by atoms with Crippen LogP contribution in [-0.4, -0.2) is 96.7 Å². The molecule has 0 saturated heterocycles. The second-order valence-electron chi connectivity index (χ2n) is 31.9. The third-order valence-electron chi connectivity index (χ3n) is 21.1. The van der Waals surface area contributed by atoms with Gasteiger partial charge in [0.2, 0.25) is 0 Å². The Morgan fingerprint density at radius 3 is 0.664 bits per heavy atom. The van der Waals surface area contributed by atoms with E-state index in [2.05, 4.69) is 34.6 Å². The van der Waals surface area contributed by atoms with Crippen LogP contribution in [0.2, 0.25) is 0 Å². The second kappa shape index (κ2) is 80.7. The third-order valence-corrected chi connectivity index (χ3v) is 23.0. The van der Waals surface area contributed by atoms with Gasteiger partial charge in [0, 0.05) is 25.7 Å². The minimum atomic E-state index is -4.97. The predicted molar refractivity (Wildman–Crippen MR) is 442 cm³/mol. The summed E-state index contributed by atoms with van der Waals surface area (Å²) >= 11 is 0. The lowest BCUT2D eigenvalue weighted by molar-refractivity contribution is -0.161. The van der Waals surface area contributed by atoms with Crippen LogP contribution in [0.1, 0.15) is 478 Å². The average molecular weight is 1560 g/mol. The molecule has 3 unspecified atom stereocenters. The molecule has 0 aromatic carbocycles. The summed E-state index contributed by atoms with van der Waals surface area (Å²) in [5.41, 5.74) is 0. The number of carbonyl (C=O) groups excluding carboxylic acids is 4. The van der Waals surface area contributed by atoms with E-state index in [0.717, 1.165) is 95.8 Å². The van der Waals surface area contributed by atoms with E-state index in [9.17, 15) is 43.2 Å². The number of esters is 4. The SMILES string of the molecule is CCCCCCCCCCCCCCCCCCCCCCCCC(=O)OC[C@H](COP(=O)(O)OC[C@@H](O)COP(=O)(O)OC[C@@H](COC(=O)CCCCCCCCCC)OC(=O)CCCCCCCCCCCCCCCCC)OC(=O)CCCCCCCCCCCCCCCCCCCCC(C)CC. The van der Waals surface area contributed by atoms with Gasteiger partial charge in [0.1, 0.15) is 19.3 Å². The lowest BCUT2D eigenvalue weighted by Crippen LogP contribution is -2.30. The summed E-state index contributed by atoms with van der Waals surface area (Å²) < 4.78 is 68.8. The minimum Gasteiger partial charge on any atom is -0.462 e. The molecule has 107 heavy (non-hydrogen) atoms. The molecule has 19 heteroatoms. The molecule has 0 spiro atoms. The molecule has 0 amide bonds. The van der Waals surface area contributed by atoms with Gasteiger partial charge in [-0.1, -0.05) is 426 Å². The Morgan fingerprint density at radius 2 is 0.449 bits per heavy atom. The van der Waals surface area contributed by atoms with Crippen LogP contribution in [0.15, 0.2) is 0 Å². The molecule has 0 rings (SSSR count). The van der Waals surface area contributed by atoms with Gasteiger partial charge in [0.15, 0.2) is 12.2 Å². The van der Waals surface area contributed by atoms with Crippen LogP contribution in [0.3, 0.4) is 0 Å². The number of rotatable bonds is 88. The van der Waals surface area contributed by atoms with E-state index in [0.29, 0.717) is 25.7 Å². The van der Waals surface area contributed by atoms with Gasteiger partial charge in [-0.05, 0) is 31.6 Å². The van der Waals surface area contributed by atoms with Gasteiger partial charge >= 0.3 is 39.5 Å². The zero-order valence-electron chi connectivity index (χ0n) is 70.3. The molecule has 0 saturated carbocycles. The van der Waals surface area contributed by atoms with Crippen molar-refractivity contribution in [3.63, 3.8) is 0 Å². The van der Waals surface area contributed by atoms with Crippen molar-refractivity contribution in [1.29, 1.82) is 0 Å². The summed E-state index contributed by atoms with van der Waals surface area (Å²) in [5, 5.41) is 10.7. The summed E-state index contributed by atoms with van der Waals surface area (Å²) in [6, 6.07) is 0. The van der Waals surface area contributed by atoms with Crippen molar-refractivity contribution in [1.82, 2.24) is 0 Å². The number of phosphoric ester groups is 2. The Hall–Kier alpha value is -1.94. The predicted octanol–water partition coefficient (Wildman–Crippen LogP) is 27.2. The van der Waals surface area contributed by atoms with Gasteiger partial charge < -0.3 is 33.8 Å². The highest BCUT2D eigenvalue weighted by Crippen LogP contribution is 2.45. The average Bonchev–Trinajstić information content (AvgIpc) is 0.904. The molecule has 0 fully saturated rings. The molecule has 0 bridgehead atoms. The van der Waals surface area contributed by atoms with Crippen LogP contribution in [-0.2, 0) is 65.4 Å². The lowest BCUT2D eigenvalue weighted by atomic mass is 9.99. The summed E-state index contributed by atoms with van der Waals surface area (Å²) in [7, 11) is -9.92. The zero-order valence-corrected chi connectivity index (χ0v) is 72.1. The normalized spacial score (nSPS) is 14.0. The fourth-order valence-corrected chi connectivity index (χ4v) is 15.4. The highest BCUT2D eigenvalue weighted by atomic mass is 31.2. The summed E-state index contributed by atoms with van der Waals surface area (Å²) in [6.45, 7) is 7.41. The first-order valence-corrected chi connectivity index (χ1v) is 48.7. The van der Waals surface area contributed by atoms with Gasteiger partial charge in [-0.2, -0.15) is 0 Å². The fraction of sp³-hybridized carbons (Fsp3) is 0.955. The molecule has 0 aliphatic carbocycles. The Balaban J connectivity index is 5.17. The quantitative estimate of drug-likeness (QED) is 0.0222. The number of phosphoric acid groups is 2. The van der Waals surface area contributed by atoms with Crippen molar-refractivity contribution in [3.8, 4) is 0 Å². The number of carbonyl (C=O) groups is 4. The topological polar surface area (TPSA) is 237 Å². The highest BCUT2D eigenvalue weighted by molar-refractivity contribution is 7.47. The number of hydrogen-bond acceptors (Lipinski definition) is 15. The van der Waals surface area contributed by atoms with Crippen LogP contribution < -0.4 is 0 Å². The Labute approximate surface area is 658 Å². The fourth-order valence-electron chi connectivity index (χ4n) is 13.8. The zero-order chi connectivity index (χ0) is 78.3. The number of hydrogen-bond donors (Lipinski definition) is 3. The van der Waals surface area contributed by atoms with E-state index in [4.69, 9.17) is 37.0 Å². The first-order chi connectivity index (χ1) is 52.1. The van der Waals surface area contributed by atoms with Gasteiger partial charge in [0.05, 0.1) is 26.4 Å². The Bertz CT molecular complexity index is 2030. The van der Waals surface area contributed by atoms with Crippen molar-refractivity contribution in [2.75, 3.05) is 39.6 Å². The molecular formula is C88H172O17P2. The highest BCUT2D eigenvalue weighted by Gasteiger charge is 2.30. The van der Waals surface area contributed by atoms with E-state index in [1.807, 2.05) is 0 Å². The summed E-state index contributed by atoms with van der Waals surface area (Å²) in [4.78, 5) is 73.1. The van der Waals surface area contributed by atoms with Crippen molar-refractivity contribution < 1.29 is 80.2 Å². The van der Waals surface area contributed by atoms with Crippen LogP contribution in [0.5, 0.6) is 0 Å². The first-order valence-electron chi connectivity index (χ1n) is 45.7. The van der Waals surface area contributed by atoms with Gasteiger partial charge in [-0.25, -0.2) is 9.13 Å². The van der Waals surface area contributed by atoms with Gasteiger partial charge in [0.25, 0.3) is 0 Å². The van der Waals surface area contributed by atoms with Gasteiger partial charge in [-0.15, -0.1) is 0 Å². The van der Waals surface area contributed by atoms with Crippen molar-refractivity contribution in [2.45, 2.75) is 496 Å². The molecule has 0 heterocycles. The standard InChI is InChI=1S/C88H172O17P2/c1-6-10-13-16-19-22-24-26-28-29-30-31-32-33-37-41-44-48-52-57-62-67-72-86(91)99-78-84(105-88(93)74-69-64-59-54-50-46-42-38-35-34-36-40-43-47-51-55-60-65-70-81(5)9-4)80-103-107(96,97)101-76-82(89)75-100-106(94,95)102-79-83(77-98-85(90)71-66-61-56-21-18-15-12-8-3)104-87(92)73-68-63-58-53-49-45-39-27-25-23-20-17-14-11-7-2/h81-84,89H,6-80H2,1-5H3,(H,94,95)(H,96,97)/t81?,82-,83+,84+/m0/s1. The Kier molecular flexibility index (Phi) is 79.2. The number of aliphatic hydroxyl groups is 1. The molecule has 0 aliphatic rings. The van der Waals surface area contributed by atoms with Crippen molar-refractivity contribution in [2.24, 2.45) is 5.92 Å². The maximum atomic E-state index is 13.2. The summed E-state index contributed by atoms with van der Waals surface area (Å²) in [6.07, 6.45) is 75.2. The molecule has 17 nitrogen and oxygen atoms in total. The maximum Gasteiger partial charge on any atom is 0.472 e. The largest absolute Gasteiger partial charge is 0.472 e.